The minimum Gasteiger partial charge on any atom is -0.366 e. The van der Waals surface area contributed by atoms with E-state index in [9.17, 15) is 4.79 Å². The first-order valence-electron chi connectivity index (χ1n) is 5.00. The van der Waals surface area contributed by atoms with Crippen molar-refractivity contribution in [2.45, 2.75) is 6.92 Å². The van der Waals surface area contributed by atoms with E-state index in [2.05, 4.69) is 4.98 Å². The van der Waals surface area contributed by atoms with Crippen molar-refractivity contribution >= 4 is 5.91 Å². The Morgan fingerprint density at radius 2 is 2.06 bits per heavy atom. The summed E-state index contributed by atoms with van der Waals surface area (Å²) in [6, 6.07) is 11.5. The lowest BCUT2D eigenvalue weighted by Gasteiger charge is -2.02. The van der Waals surface area contributed by atoms with E-state index < -0.39 is 5.91 Å². The second-order valence-corrected chi connectivity index (χ2v) is 3.67. The molecule has 1 amide bonds. The molecule has 1 aromatic heterocycles. The Balaban J connectivity index is 2.38. The number of nitrogens with two attached hydrogens (primary N) is 1. The van der Waals surface area contributed by atoms with Crippen LogP contribution in [0.15, 0.2) is 42.6 Å². The molecule has 0 saturated carbocycles. The van der Waals surface area contributed by atoms with Crippen LogP contribution in [-0.4, -0.2) is 10.9 Å². The van der Waals surface area contributed by atoms with Crippen molar-refractivity contribution < 1.29 is 4.79 Å². The van der Waals surface area contributed by atoms with E-state index in [1.54, 1.807) is 12.1 Å². The van der Waals surface area contributed by atoms with E-state index in [-0.39, 0.29) is 0 Å². The molecule has 1 aromatic carbocycles. The highest BCUT2D eigenvalue weighted by Gasteiger charge is 2.02. The maximum Gasteiger partial charge on any atom is 0.250 e. The maximum atomic E-state index is 10.9. The van der Waals surface area contributed by atoms with Gasteiger partial charge < -0.3 is 5.73 Å². The predicted molar refractivity (Wildman–Crippen MR) is 62.9 cm³/mol. The number of primary amides is 1. The highest BCUT2D eigenvalue weighted by atomic mass is 16.1. The predicted octanol–water partition coefficient (Wildman–Crippen LogP) is 2.16. The van der Waals surface area contributed by atoms with Crippen molar-refractivity contribution in [3.8, 4) is 11.3 Å². The molecule has 0 spiro atoms. The molecule has 0 saturated heterocycles. The zero-order valence-electron chi connectivity index (χ0n) is 8.97. The summed E-state index contributed by atoms with van der Waals surface area (Å²) in [5.74, 6) is -0.455. The fourth-order valence-corrected chi connectivity index (χ4v) is 1.51. The van der Waals surface area contributed by atoms with Gasteiger partial charge in [0.25, 0.3) is 0 Å². The minimum absolute atomic E-state index is 0.427. The van der Waals surface area contributed by atoms with E-state index in [0.29, 0.717) is 5.56 Å². The monoisotopic (exact) mass is 212 g/mol. The molecule has 3 heteroatoms. The van der Waals surface area contributed by atoms with Crippen LogP contribution in [0.4, 0.5) is 0 Å². The van der Waals surface area contributed by atoms with Crippen molar-refractivity contribution in [1.29, 1.82) is 0 Å². The van der Waals surface area contributed by atoms with Gasteiger partial charge in [-0.2, -0.15) is 0 Å². The smallest absolute Gasteiger partial charge is 0.250 e. The van der Waals surface area contributed by atoms with Crippen molar-refractivity contribution in [3.05, 3.63) is 53.7 Å². The van der Waals surface area contributed by atoms with Crippen molar-refractivity contribution in [1.82, 2.24) is 4.98 Å². The van der Waals surface area contributed by atoms with Crippen LogP contribution >= 0.6 is 0 Å². The molecule has 0 aliphatic rings. The number of carbonyl (C=O) groups excluding carboxylic acids is 1. The van der Waals surface area contributed by atoms with Gasteiger partial charge in [-0.15, -0.1) is 0 Å². The Kier molecular flexibility index (Phi) is 2.68. The Morgan fingerprint density at radius 1 is 1.25 bits per heavy atom. The van der Waals surface area contributed by atoms with Gasteiger partial charge in [0, 0.05) is 11.8 Å². The summed E-state index contributed by atoms with van der Waals surface area (Å²) in [5.41, 5.74) is 8.63. The summed E-state index contributed by atoms with van der Waals surface area (Å²) in [6.45, 7) is 2.03. The zero-order chi connectivity index (χ0) is 11.5. The molecule has 0 radical (unpaired) electrons. The van der Waals surface area contributed by atoms with Crippen LogP contribution in [0.25, 0.3) is 11.3 Å². The fourth-order valence-electron chi connectivity index (χ4n) is 1.51. The van der Waals surface area contributed by atoms with Crippen LogP contribution in [0.1, 0.15) is 15.9 Å². The summed E-state index contributed by atoms with van der Waals surface area (Å²) in [4.78, 5) is 15.1. The van der Waals surface area contributed by atoms with Crippen molar-refractivity contribution in [2.24, 2.45) is 5.73 Å². The number of hydrogen-bond acceptors (Lipinski definition) is 2. The molecule has 0 aliphatic heterocycles. The molecule has 2 rings (SSSR count). The number of benzene rings is 1. The Labute approximate surface area is 93.9 Å². The first-order valence-corrected chi connectivity index (χ1v) is 5.00. The number of rotatable bonds is 2. The standard InChI is InChI=1S/C13H12N2O/c1-9-3-2-4-10(7-9)12-6-5-11(8-15-12)13(14)16/h2-8H,1H3,(H2,14,16). The van der Waals surface area contributed by atoms with Crippen molar-refractivity contribution in [3.63, 3.8) is 0 Å². The second kappa shape index (κ2) is 4.14. The lowest BCUT2D eigenvalue weighted by Crippen LogP contribution is -2.10. The maximum absolute atomic E-state index is 10.9. The van der Waals surface area contributed by atoms with E-state index in [1.807, 2.05) is 31.2 Å². The molecule has 2 N–H and O–H groups in total. The molecule has 0 aliphatic carbocycles. The van der Waals surface area contributed by atoms with Gasteiger partial charge >= 0.3 is 0 Å². The molecule has 0 unspecified atom stereocenters. The summed E-state index contributed by atoms with van der Waals surface area (Å²) in [7, 11) is 0. The van der Waals surface area contributed by atoms with Crippen LogP contribution in [0.5, 0.6) is 0 Å². The number of nitrogens with zero attached hydrogens (tertiary/aromatic N) is 1. The molecule has 0 fully saturated rings. The third-order valence-corrected chi connectivity index (χ3v) is 2.36. The van der Waals surface area contributed by atoms with Crippen LogP contribution in [-0.2, 0) is 0 Å². The van der Waals surface area contributed by atoms with Gasteiger partial charge in [0.2, 0.25) is 5.91 Å². The quantitative estimate of drug-likeness (QED) is 0.829. The van der Waals surface area contributed by atoms with E-state index in [0.717, 1.165) is 11.3 Å². The van der Waals surface area contributed by atoms with Crippen LogP contribution in [0, 0.1) is 6.92 Å². The second-order valence-electron chi connectivity index (χ2n) is 3.67. The normalized spacial score (nSPS) is 10.1. The summed E-state index contributed by atoms with van der Waals surface area (Å²) >= 11 is 0. The summed E-state index contributed by atoms with van der Waals surface area (Å²) < 4.78 is 0. The summed E-state index contributed by atoms with van der Waals surface area (Å²) in [5, 5.41) is 0. The van der Waals surface area contributed by atoms with E-state index >= 15 is 0 Å². The molecular formula is C13H12N2O. The number of aromatic nitrogens is 1. The number of carbonyl (C=O) groups is 1. The Morgan fingerprint density at radius 3 is 2.62 bits per heavy atom. The average Bonchev–Trinajstić information content (AvgIpc) is 2.29. The van der Waals surface area contributed by atoms with Gasteiger partial charge in [0.05, 0.1) is 11.3 Å². The largest absolute Gasteiger partial charge is 0.366 e. The Hall–Kier alpha value is -2.16. The SMILES string of the molecule is Cc1cccc(-c2ccc(C(N)=O)cn2)c1. The van der Waals surface area contributed by atoms with Crippen LogP contribution < -0.4 is 5.73 Å². The number of pyridine rings is 1. The number of amides is 1. The van der Waals surface area contributed by atoms with Gasteiger partial charge in [0.1, 0.15) is 0 Å². The molecule has 1 heterocycles. The first kappa shape index (κ1) is 10.4. The number of hydrogen-bond donors (Lipinski definition) is 1. The molecule has 0 atom stereocenters. The molecule has 16 heavy (non-hydrogen) atoms. The highest BCUT2D eigenvalue weighted by Crippen LogP contribution is 2.17. The third-order valence-electron chi connectivity index (χ3n) is 2.36. The molecule has 3 nitrogen and oxygen atoms in total. The fraction of sp³-hybridized carbons (Fsp3) is 0.0769. The highest BCUT2D eigenvalue weighted by molar-refractivity contribution is 5.92. The zero-order valence-corrected chi connectivity index (χ0v) is 8.97. The van der Waals surface area contributed by atoms with Gasteiger partial charge in [-0.25, -0.2) is 0 Å². The molecule has 2 aromatic rings. The van der Waals surface area contributed by atoms with Gasteiger partial charge in [-0.1, -0.05) is 23.8 Å². The van der Waals surface area contributed by atoms with Gasteiger partial charge in [0.15, 0.2) is 0 Å². The lowest BCUT2D eigenvalue weighted by atomic mass is 10.1. The van der Waals surface area contributed by atoms with Gasteiger partial charge in [-0.3, -0.25) is 9.78 Å². The van der Waals surface area contributed by atoms with Crippen LogP contribution in [0.3, 0.4) is 0 Å². The van der Waals surface area contributed by atoms with Crippen LogP contribution in [0.2, 0.25) is 0 Å². The van der Waals surface area contributed by atoms with Crippen molar-refractivity contribution in [2.75, 3.05) is 0 Å². The first-order chi connectivity index (χ1) is 7.66. The Bertz CT molecular complexity index is 518. The average molecular weight is 212 g/mol. The molecule has 80 valence electrons. The molecular weight excluding hydrogens is 200 g/mol. The van der Waals surface area contributed by atoms with Gasteiger partial charge in [-0.05, 0) is 25.1 Å². The topological polar surface area (TPSA) is 56.0 Å². The van der Waals surface area contributed by atoms with E-state index in [1.165, 1.54) is 11.8 Å². The van der Waals surface area contributed by atoms with E-state index in [4.69, 9.17) is 5.73 Å². The number of aryl methyl sites for hydroxylation is 1. The third kappa shape index (κ3) is 2.08. The lowest BCUT2D eigenvalue weighted by molar-refractivity contribution is 0.1000. The summed E-state index contributed by atoms with van der Waals surface area (Å²) in [6.07, 6.45) is 1.50. The minimum atomic E-state index is -0.455. The molecule has 0 bridgehead atoms.